The molecule has 250 valence electrons. The van der Waals surface area contributed by atoms with Crippen LogP contribution in [0.2, 0.25) is 0 Å². The predicted octanol–water partition coefficient (Wildman–Crippen LogP) is 8.07. The van der Waals surface area contributed by atoms with Crippen LogP contribution in [0.1, 0.15) is 65.0 Å². The standard InChI is InChI=1S/C39H28F3N3O5/c1-22-4-8-25(9-5-22)44(27-14-16-29(46)17-15-27)26-10-12-28(13-11-26)45-36(49)31-19-7-24(21-33(31)37(45)50)38(2,39(40,41)42)23-6-18-30-32(20-23)35(48)43(3)34(30)47/h4-21,46H,1-3H3. The largest absolute Gasteiger partial charge is 0.508 e. The van der Waals surface area contributed by atoms with Gasteiger partial charge in [-0.2, -0.15) is 13.2 Å². The quantitative estimate of drug-likeness (QED) is 0.183. The fourth-order valence-corrected chi connectivity index (χ4v) is 6.45. The molecule has 0 spiro atoms. The van der Waals surface area contributed by atoms with Crippen LogP contribution < -0.4 is 9.80 Å². The molecular weight excluding hydrogens is 647 g/mol. The Labute approximate surface area is 284 Å². The Bertz CT molecular complexity index is 2190. The lowest BCUT2D eigenvalue weighted by molar-refractivity contribution is -0.173. The molecule has 0 aliphatic carbocycles. The van der Waals surface area contributed by atoms with Crippen LogP contribution in [0.3, 0.4) is 0 Å². The molecule has 4 amide bonds. The Morgan fingerprint density at radius 1 is 0.580 bits per heavy atom. The van der Waals surface area contributed by atoms with Crippen molar-refractivity contribution in [2.24, 2.45) is 0 Å². The molecule has 0 aromatic heterocycles. The highest BCUT2D eigenvalue weighted by Crippen LogP contribution is 2.48. The second-order valence-electron chi connectivity index (χ2n) is 12.5. The number of hydrogen-bond donors (Lipinski definition) is 1. The summed E-state index contributed by atoms with van der Waals surface area (Å²) in [6.45, 7) is 2.91. The summed E-state index contributed by atoms with van der Waals surface area (Å²) in [5.74, 6) is -2.68. The third-order valence-corrected chi connectivity index (χ3v) is 9.46. The van der Waals surface area contributed by atoms with Crippen molar-refractivity contribution >= 4 is 46.4 Å². The highest BCUT2D eigenvalue weighted by atomic mass is 19.4. The molecule has 7 rings (SSSR count). The van der Waals surface area contributed by atoms with Gasteiger partial charge in [0.2, 0.25) is 0 Å². The van der Waals surface area contributed by atoms with E-state index in [-0.39, 0.29) is 44.8 Å². The number of anilines is 4. The fourth-order valence-electron chi connectivity index (χ4n) is 6.45. The van der Waals surface area contributed by atoms with Crippen LogP contribution in [-0.4, -0.2) is 46.9 Å². The molecule has 5 aromatic carbocycles. The first kappa shape index (κ1) is 32.3. The van der Waals surface area contributed by atoms with E-state index in [0.717, 1.165) is 57.9 Å². The van der Waals surface area contributed by atoms with E-state index < -0.39 is 35.2 Å². The zero-order valence-electron chi connectivity index (χ0n) is 26.9. The Balaban J connectivity index is 1.24. The van der Waals surface area contributed by atoms with Gasteiger partial charge >= 0.3 is 6.18 Å². The molecule has 0 saturated heterocycles. The molecule has 0 fully saturated rings. The lowest BCUT2D eigenvalue weighted by Crippen LogP contribution is -2.41. The fraction of sp³-hybridized carbons (Fsp3) is 0.128. The predicted molar refractivity (Wildman–Crippen MR) is 180 cm³/mol. The highest BCUT2D eigenvalue weighted by Gasteiger charge is 2.55. The Morgan fingerprint density at radius 2 is 1.00 bits per heavy atom. The van der Waals surface area contributed by atoms with Gasteiger partial charge in [-0.25, -0.2) is 4.90 Å². The van der Waals surface area contributed by atoms with Gasteiger partial charge in [-0.15, -0.1) is 0 Å². The molecule has 50 heavy (non-hydrogen) atoms. The van der Waals surface area contributed by atoms with Crippen LogP contribution in [0.4, 0.5) is 35.9 Å². The average Bonchev–Trinajstić information content (AvgIpc) is 3.48. The van der Waals surface area contributed by atoms with Crippen molar-refractivity contribution in [3.05, 3.63) is 148 Å². The monoisotopic (exact) mass is 675 g/mol. The zero-order valence-corrected chi connectivity index (χ0v) is 26.9. The van der Waals surface area contributed by atoms with E-state index >= 15 is 0 Å². The Hall–Kier alpha value is -6.23. The van der Waals surface area contributed by atoms with Crippen LogP contribution >= 0.6 is 0 Å². The topological polar surface area (TPSA) is 98.2 Å². The number of fused-ring (bicyclic) bond motifs is 2. The summed E-state index contributed by atoms with van der Waals surface area (Å²) in [7, 11) is 1.26. The van der Waals surface area contributed by atoms with Gasteiger partial charge in [0.1, 0.15) is 11.2 Å². The molecule has 0 bridgehead atoms. The molecule has 0 radical (unpaired) electrons. The van der Waals surface area contributed by atoms with E-state index in [9.17, 15) is 37.5 Å². The summed E-state index contributed by atoms with van der Waals surface area (Å²) in [6, 6.07) is 27.9. The highest BCUT2D eigenvalue weighted by molar-refractivity contribution is 6.34. The van der Waals surface area contributed by atoms with E-state index in [0.29, 0.717) is 5.69 Å². The smallest absolute Gasteiger partial charge is 0.402 e. The number of nitrogens with zero attached hydrogens (tertiary/aromatic N) is 3. The van der Waals surface area contributed by atoms with Crippen molar-refractivity contribution in [2.75, 3.05) is 16.8 Å². The maximum atomic E-state index is 15.0. The maximum absolute atomic E-state index is 15.0. The summed E-state index contributed by atoms with van der Waals surface area (Å²) in [5.41, 5.74) is -0.146. The number of amides is 4. The molecule has 11 heteroatoms. The normalized spacial score (nSPS) is 15.3. The molecule has 2 heterocycles. The van der Waals surface area contributed by atoms with Gasteiger partial charge in [0.15, 0.2) is 0 Å². The molecule has 5 aromatic rings. The number of aromatic hydroxyl groups is 1. The lowest BCUT2D eigenvalue weighted by Gasteiger charge is -2.33. The van der Waals surface area contributed by atoms with Crippen molar-refractivity contribution < 1.29 is 37.5 Å². The molecule has 1 atom stereocenters. The minimum atomic E-state index is -4.89. The van der Waals surface area contributed by atoms with Gasteiger partial charge in [-0.1, -0.05) is 29.8 Å². The number of phenols is 1. The van der Waals surface area contributed by atoms with Crippen LogP contribution in [-0.2, 0) is 5.41 Å². The van der Waals surface area contributed by atoms with E-state index in [4.69, 9.17) is 0 Å². The third kappa shape index (κ3) is 4.92. The van der Waals surface area contributed by atoms with E-state index in [2.05, 4.69) is 0 Å². The van der Waals surface area contributed by atoms with Gasteiger partial charge < -0.3 is 10.0 Å². The molecule has 2 aliphatic rings. The minimum Gasteiger partial charge on any atom is -0.508 e. The second-order valence-corrected chi connectivity index (χ2v) is 12.5. The van der Waals surface area contributed by atoms with Crippen LogP contribution in [0.15, 0.2) is 109 Å². The summed E-state index contributed by atoms with van der Waals surface area (Å²) in [4.78, 5) is 56.0. The zero-order chi connectivity index (χ0) is 35.7. The number of hydrogen-bond acceptors (Lipinski definition) is 6. The first-order valence-corrected chi connectivity index (χ1v) is 15.5. The summed E-state index contributed by atoms with van der Waals surface area (Å²) >= 11 is 0. The molecule has 2 aliphatic heterocycles. The van der Waals surface area contributed by atoms with E-state index in [1.165, 1.54) is 19.2 Å². The molecule has 1 N–H and O–H groups in total. The summed E-state index contributed by atoms with van der Waals surface area (Å²) in [5, 5.41) is 9.85. The first-order valence-electron chi connectivity index (χ1n) is 15.5. The molecule has 8 nitrogen and oxygen atoms in total. The number of alkyl halides is 3. The maximum Gasteiger partial charge on any atom is 0.402 e. The minimum absolute atomic E-state index is 0.00668. The number of carbonyl (C=O) groups excluding carboxylic acids is 4. The number of benzene rings is 5. The SMILES string of the molecule is Cc1ccc(N(c2ccc(O)cc2)c2ccc(N3C(=O)c4ccc(C(C)(c5ccc6c(c5)C(=O)N(C)C6=O)C(F)(F)F)cc4C3=O)cc2)cc1. The number of aryl methyl sites for hydroxylation is 1. The molecule has 1 unspecified atom stereocenters. The van der Waals surface area contributed by atoms with Crippen LogP contribution in [0.5, 0.6) is 5.75 Å². The van der Waals surface area contributed by atoms with Gasteiger partial charge in [0.25, 0.3) is 23.6 Å². The van der Waals surface area contributed by atoms with Crippen LogP contribution in [0.25, 0.3) is 0 Å². The lowest BCUT2D eigenvalue weighted by atomic mass is 9.74. The van der Waals surface area contributed by atoms with Crippen molar-refractivity contribution in [3.8, 4) is 5.75 Å². The first-order chi connectivity index (χ1) is 23.7. The molecular formula is C39H28F3N3O5. The van der Waals surface area contributed by atoms with Crippen molar-refractivity contribution in [1.29, 1.82) is 0 Å². The van der Waals surface area contributed by atoms with E-state index in [1.807, 2.05) is 36.1 Å². The molecule has 0 saturated carbocycles. The number of imide groups is 2. The van der Waals surface area contributed by atoms with Crippen molar-refractivity contribution in [1.82, 2.24) is 4.90 Å². The van der Waals surface area contributed by atoms with E-state index in [1.54, 1.807) is 48.5 Å². The summed E-state index contributed by atoms with van der Waals surface area (Å²) < 4.78 is 45.0. The van der Waals surface area contributed by atoms with Crippen LogP contribution in [0, 0.1) is 6.92 Å². The number of phenolic OH excluding ortho intramolecular Hbond substituents is 1. The van der Waals surface area contributed by atoms with Gasteiger partial charge in [-0.3, -0.25) is 24.1 Å². The van der Waals surface area contributed by atoms with Gasteiger partial charge in [0.05, 0.1) is 27.9 Å². The Kier molecular flexibility index (Phi) is 7.39. The number of halogens is 3. The van der Waals surface area contributed by atoms with Crippen molar-refractivity contribution in [2.45, 2.75) is 25.4 Å². The number of carbonyl (C=O) groups is 4. The Morgan fingerprint density at radius 3 is 1.52 bits per heavy atom. The van der Waals surface area contributed by atoms with Gasteiger partial charge in [0, 0.05) is 24.1 Å². The number of rotatable bonds is 6. The summed E-state index contributed by atoms with van der Waals surface area (Å²) in [6.07, 6.45) is -4.89. The van der Waals surface area contributed by atoms with Crippen molar-refractivity contribution in [3.63, 3.8) is 0 Å². The van der Waals surface area contributed by atoms with Gasteiger partial charge in [-0.05, 0) is 110 Å². The third-order valence-electron chi connectivity index (χ3n) is 9.46. The average molecular weight is 676 g/mol. The second kappa shape index (κ2) is 11.4.